The molecule has 4 nitrogen and oxygen atoms in total. The summed E-state index contributed by atoms with van der Waals surface area (Å²) in [6, 6.07) is 4.52. The van der Waals surface area contributed by atoms with Crippen molar-refractivity contribution in [3.05, 3.63) is 36.3 Å². The molecule has 0 bridgehead atoms. The van der Waals surface area contributed by atoms with Crippen molar-refractivity contribution in [2.24, 2.45) is 0 Å². The summed E-state index contributed by atoms with van der Waals surface area (Å²) in [7, 11) is 0. The van der Waals surface area contributed by atoms with E-state index < -0.39 is 0 Å². The summed E-state index contributed by atoms with van der Waals surface area (Å²) in [4.78, 5) is 4.27. The van der Waals surface area contributed by atoms with Crippen LogP contribution in [0, 0.1) is 0 Å². The van der Waals surface area contributed by atoms with Crippen LogP contribution in [-0.2, 0) is 4.74 Å². The van der Waals surface area contributed by atoms with E-state index in [0.29, 0.717) is 6.04 Å². The molecule has 3 heterocycles. The lowest BCUT2D eigenvalue weighted by Crippen LogP contribution is -2.34. The lowest BCUT2D eigenvalue weighted by atomic mass is 10.1. The van der Waals surface area contributed by atoms with Crippen molar-refractivity contribution in [3.63, 3.8) is 0 Å². The SMILES string of the molecule is c1cn2ccc(C3COCCN3)cc2n1. The summed E-state index contributed by atoms with van der Waals surface area (Å²) in [5.41, 5.74) is 2.23. The molecular formula is C11H13N3O. The number of ether oxygens (including phenoxy) is 1. The van der Waals surface area contributed by atoms with Crippen molar-refractivity contribution in [2.75, 3.05) is 19.8 Å². The van der Waals surface area contributed by atoms with Gasteiger partial charge in [-0.2, -0.15) is 0 Å². The van der Waals surface area contributed by atoms with Crippen LogP contribution in [0.25, 0.3) is 5.65 Å². The Morgan fingerprint density at radius 1 is 1.47 bits per heavy atom. The van der Waals surface area contributed by atoms with Crippen LogP contribution in [0.3, 0.4) is 0 Å². The van der Waals surface area contributed by atoms with Crippen LogP contribution in [0.1, 0.15) is 11.6 Å². The van der Waals surface area contributed by atoms with E-state index in [2.05, 4.69) is 22.4 Å². The number of rotatable bonds is 1. The zero-order valence-electron chi connectivity index (χ0n) is 8.39. The molecule has 1 fully saturated rings. The van der Waals surface area contributed by atoms with E-state index in [0.717, 1.165) is 25.4 Å². The van der Waals surface area contributed by atoms with Crippen LogP contribution in [-0.4, -0.2) is 29.1 Å². The second kappa shape index (κ2) is 3.64. The maximum Gasteiger partial charge on any atom is 0.136 e. The van der Waals surface area contributed by atoms with E-state index in [1.54, 1.807) is 0 Å². The average Bonchev–Trinajstić information content (AvgIpc) is 2.77. The predicted octanol–water partition coefficient (Wildman–Crippen LogP) is 0.995. The quantitative estimate of drug-likeness (QED) is 0.751. The third-order valence-corrected chi connectivity index (χ3v) is 2.75. The van der Waals surface area contributed by atoms with Crippen molar-refractivity contribution in [3.8, 4) is 0 Å². The van der Waals surface area contributed by atoms with Crippen molar-refractivity contribution >= 4 is 5.65 Å². The maximum atomic E-state index is 5.44. The van der Waals surface area contributed by atoms with E-state index in [1.165, 1.54) is 5.56 Å². The first-order valence-electron chi connectivity index (χ1n) is 5.17. The molecule has 3 rings (SSSR count). The molecule has 1 aliphatic heterocycles. The number of imidazole rings is 1. The first-order chi connectivity index (χ1) is 7.43. The summed E-state index contributed by atoms with van der Waals surface area (Å²) >= 11 is 0. The van der Waals surface area contributed by atoms with Crippen LogP contribution in [0.15, 0.2) is 30.7 Å². The molecule has 78 valence electrons. The van der Waals surface area contributed by atoms with Gasteiger partial charge in [-0.15, -0.1) is 0 Å². The topological polar surface area (TPSA) is 38.6 Å². The van der Waals surface area contributed by atoms with Crippen molar-refractivity contribution < 1.29 is 4.74 Å². The number of aromatic nitrogens is 2. The zero-order valence-corrected chi connectivity index (χ0v) is 8.39. The molecule has 1 saturated heterocycles. The third kappa shape index (κ3) is 1.62. The van der Waals surface area contributed by atoms with Gasteiger partial charge in [0.2, 0.25) is 0 Å². The molecule has 0 spiro atoms. The number of nitrogens with one attached hydrogen (secondary N) is 1. The molecule has 0 aromatic carbocycles. The normalized spacial score (nSPS) is 22.0. The minimum Gasteiger partial charge on any atom is -0.378 e. The first-order valence-corrected chi connectivity index (χ1v) is 5.17. The number of pyridine rings is 1. The number of fused-ring (bicyclic) bond motifs is 1. The molecule has 1 N–H and O–H groups in total. The fraction of sp³-hybridized carbons (Fsp3) is 0.364. The Balaban J connectivity index is 1.95. The lowest BCUT2D eigenvalue weighted by Gasteiger charge is -2.24. The van der Waals surface area contributed by atoms with Crippen LogP contribution >= 0.6 is 0 Å². The standard InChI is InChI=1S/C11H13N3O/c1-4-14-5-2-13-11(14)7-9(1)10-8-15-6-3-12-10/h1-2,4-5,7,10,12H,3,6,8H2. The van der Waals surface area contributed by atoms with Crippen LogP contribution in [0.5, 0.6) is 0 Å². The molecule has 2 aromatic heterocycles. The van der Waals surface area contributed by atoms with E-state index in [4.69, 9.17) is 4.74 Å². The monoisotopic (exact) mass is 203 g/mol. The molecule has 0 amide bonds. The molecule has 0 aliphatic carbocycles. The highest BCUT2D eigenvalue weighted by Gasteiger charge is 2.15. The zero-order chi connectivity index (χ0) is 10.1. The number of hydrogen-bond acceptors (Lipinski definition) is 3. The summed E-state index contributed by atoms with van der Waals surface area (Å²) < 4.78 is 7.45. The van der Waals surface area contributed by atoms with Gasteiger partial charge in [0, 0.05) is 25.1 Å². The summed E-state index contributed by atoms with van der Waals surface area (Å²) in [5, 5.41) is 3.43. The number of nitrogens with zero attached hydrogens (tertiary/aromatic N) is 2. The second-order valence-electron chi connectivity index (χ2n) is 3.73. The van der Waals surface area contributed by atoms with Gasteiger partial charge in [0.1, 0.15) is 5.65 Å². The van der Waals surface area contributed by atoms with Gasteiger partial charge in [-0.3, -0.25) is 0 Å². The van der Waals surface area contributed by atoms with Crippen molar-refractivity contribution in [2.45, 2.75) is 6.04 Å². The van der Waals surface area contributed by atoms with E-state index >= 15 is 0 Å². The van der Waals surface area contributed by atoms with Gasteiger partial charge in [-0.25, -0.2) is 4.98 Å². The largest absolute Gasteiger partial charge is 0.378 e. The van der Waals surface area contributed by atoms with E-state index in [-0.39, 0.29) is 0 Å². The minimum absolute atomic E-state index is 0.306. The number of hydrogen-bond donors (Lipinski definition) is 1. The highest BCUT2D eigenvalue weighted by Crippen LogP contribution is 2.16. The van der Waals surface area contributed by atoms with Crippen LogP contribution in [0.2, 0.25) is 0 Å². The van der Waals surface area contributed by atoms with Crippen LogP contribution < -0.4 is 5.32 Å². The van der Waals surface area contributed by atoms with Gasteiger partial charge < -0.3 is 14.5 Å². The molecular weight excluding hydrogens is 190 g/mol. The van der Waals surface area contributed by atoms with Gasteiger partial charge >= 0.3 is 0 Å². The fourth-order valence-corrected chi connectivity index (χ4v) is 1.92. The van der Waals surface area contributed by atoms with Gasteiger partial charge in [0.25, 0.3) is 0 Å². The Kier molecular flexibility index (Phi) is 2.16. The highest BCUT2D eigenvalue weighted by atomic mass is 16.5. The summed E-state index contributed by atoms with van der Waals surface area (Å²) in [6.07, 6.45) is 5.79. The molecule has 1 atom stereocenters. The minimum atomic E-state index is 0.306. The fourth-order valence-electron chi connectivity index (χ4n) is 1.92. The first kappa shape index (κ1) is 8.88. The molecule has 1 unspecified atom stereocenters. The Hall–Kier alpha value is -1.39. The molecule has 0 saturated carbocycles. The molecule has 15 heavy (non-hydrogen) atoms. The van der Waals surface area contributed by atoms with Gasteiger partial charge in [-0.05, 0) is 17.7 Å². The number of morpholine rings is 1. The summed E-state index contributed by atoms with van der Waals surface area (Å²) in [6.45, 7) is 2.48. The molecule has 4 heteroatoms. The second-order valence-corrected chi connectivity index (χ2v) is 3.73. The average molecular weight is 203 g/mol. The Bertz CT molecular complexity index is 460. The molecule has 1 aliphatic rings. The van der Waals surface area contributed by atoms with E-state index in [9.17, 15) is 0 Å². The molecule has 2 aromatic rings. The predicted molar refractivity (Wildman–Crippen MR) is 56.8 cm³/mol. The summed E-state index contributed by atoms with van der Waals surface area (Å²) in [5.74, 6) is 0. The lowest BCUT2D eigenvalue weighted by molar-refractivity contribution is 0.0769. The van der Waals surface area contributed by atoms with Crippen LogP contribution in [0.4, 0.5) is 0 Å². The maximum absolute atomic E-state index is 5.44. The highest BCUT2D eigenvalue weighted by molar-refractivity contribution is 5.42. The van der Waals surface area contributed by atoms with Gasteiger partial charge in [-0.1, -0.05) is 0 Å². The smallest absolute Gasteiger partial charge is 0.136 e. The Labute approximate surface area is 87.9 Å². The van der Waals surface area contributed by atoms with Crippen molar-refractivity contribution in [1.29, 1.82) is 0 Å². The van der Waals surface area contributed by atoms with E-state index in [1.807, 2.05) is 23.0 Å². The molecule has 0 radical (unpaired) electrons. The Morgan fingerprint density at radius 2 is 2.47 bits per heavy atom. The van der Waals surface area contributed by atoms with Gasteiger partial charge in [0.05, 0.1) is 19.3 Å². The van der Waals surface area contributed by atoms with Gasteiger partial charge in [0.15, 0.2) is 0 Å². The van der Waals surface area contributed by atoms with Crippen molar-refractivity contribution in [1.82, 2.24) is 14.7 Å². The third-order valence-electron chi connectivity index (χ3n) is 2.75. The Morgan fingerprint density at radius 3 is 3.33 bits per heavy atom.